The summed E-state index contributed by atoms with van der Waals surface area (Å²) < 4.78 is 18.5. The number of halogens is 1. The van der Waals surface area contributed by atoms with E-state index in [1.54, 1.807) is 0 Å². The predicted octanol–water partition coefficient (Wildman–Crippen LogP) is 2.95. The number of amides is 2. The minimum atomic E-state index is -0.705. The van der Waals surface area contributed by atoms with Crippen molar-refractivity contribution in [3.8, 4) is 0 Å². The van der Waals surface area contributed by atoms with Crippen molar-refractivity contribution < 1.29 is 18.7 Å². The Bertz CT molecular complexity index is 761. The summed E-state index contributed by atoms with van der Waals surface area (Å²) in [5.41, 5.74) is 1.02. The molecule has 6 heteroatoms. The van der Waals surface area contributed by atoms with Gasteiger partial charge in [-0.3, -0.25) is 9.78 Å². The van der Waals surface area contributed by atoms with Crippen molar-refractivity contribution in [3.63, 3.8) is 0 Å². The van der Waals surface area contributed by atoms with Crippen LogP contribution >= 0.6 is 0 Å². The molecule has 1 aromatic carbocycles. The lowest BCUT2D eigenvalue weighted by atomic mass is 10.1. The molecule has 2 amide bonds. The van der Waals surface area contributed by atoms with Gasteiger partial charge in [0.25, 0.3) is 5.91 Å². The van der Waals surface area contributed by atoms with Crippen LogP contribution < -0.4 is 0 Å². The molecule has 0 saturated carbocycles. The number of rotatable bonds is 3. The van der Waals surface area contributed by atoms with E-state index in [2.05, 4.69) is 4.98 Å². The molecule has 1 fully saturated rings. The summed E-state index contributed by atoms with van der Waals surface area (Å²) >= 11 is 0. The minimum absolute atomic E-state index is 0.103. The highest BCUT2D eigenvalue weighted by Crippen LogP contribution is 2.27. The molecule has 0 unspecified atom stereocenters. The Morgan fingerprint density at radius 2 is 2.09 bits per heavy atom. The van der Waals surface area contributed by atoms with Gasteiger partial charge in [0.05, 0.1) is 6.20 Å². The number of cyclic esters (lactones) is 1. The van der Waals surface area contributed by atoms with Crippen molar-refractivity contribution in [3.05, 3.63) is 71.8 Å². The van der Waals surface area contributed by atoms with Crippen molar-refractivity contribution in [1.82, 2.24) is 9.88 Å². The fourth-order valence-electron chi connectivity index (χ4n) is 2.35. The van der Waals surface area contributed by atoms with E-state index in [-0.39, 0.29) is 12.2 Å². The van der Waals surface area contributed by atoms with E-state index < -0.39 is 23.9 Å². The molecule has 0 N–H and O–H groups in total. The van der Waals surface area contributed by atoms with Crippen molar-refractivity contribution in [2.24, 2.45) is 0 Å². The quantitative estimate of drug-likeness (QED) is 0.818. The van der Waals surface area contributed by atoms with Gasteiger partial charge in [-0.25, -0.2) is 14.1 Å². The first-order chi connectivity index (χ1) is 11.2. The molecule has 2 heterocycles. The minimum Gasteiger partial charge on any atom is -0.446 e. The first-order valence-corrected chi connectivity index (χ1v) is 6.99. The van der Waals surface area contributed by atoms with Gasteiger partial charge >= 0.3 is 6.09 Å². The van der Waals surface area contributed by atoms with E-state index in [1.807, 2.05) is 30.3 Å². The van der Waals surface area contributed by atoms with Gasteiger partial charge in [0.2, 0.25) is 0 Å². The van der Waals surface area contributed by atoms with E-state index in [0.29, 0.717) is 0 Å². The lowest BCUT2D eigenvalue weighted by Crippen LogP contribution is -2.32. The van der Waals surface area contributed by atoms with Gasteiger partial charge in [-0.1, -0.05) is 30.3 Å². The van der Waals surface area contributed by atoms with Crippen molar-refractivity contribution in [1.29, 1.82) is 0 Å². The molecule has 116 valence electrons. The number of imide groups is 1. The van der Waals surface area contributed by atoms with E-state index in [9.17, 15) is 14.0 Å². The number of nitrogens with zero attached hydrogens (tertiary/aromatic N) is 2. The Hall–Kier alpha value is -3.02. The normalized spacial score (nSPS) is 17.5. The number of pyridine rings is 1. The van der Waals surface area contributed by atoms with Gasteiger partial charge in [0.1, 0.15) is 18.5 Å². The summed E-state index contributed by atoms with van der Waals surface area (Å²) in [7, 11) is 0. The average Bonchev–Trinajstić information content (AvgIpc) is 2.96. The second-order valence-corrected chi connectivity index (χ2v) is 4.94. The molecule has 23 heavy (non-hydrogen) atoms. The van der Waals surface area contributed by atoms with Gasteiger partial charge in [0.15, 0.2) is 0 Å². The van der Waals surface area contributed by atoms with Crippen LogP contribution in [0.3, 0.4) is 0 Å². The van der Waals surface area contributed by atoms with Crippen LogP contribution in [0.4, 0.5) is 9.18 Å². The largest absolute Gasteiger partial charge is 0.446 e. The zero-order valence-electron chi connectivity index (χ0n) is 12.1. The predicted molar refractivity (Wildman–Crippen MR) is 80.6 cm³/mol. The van der Waals surface area contributed by atoms with Crippen LogP contribution in [0.1, 0.15) is 17.2 Å². The summed E-state index contributed by atoms with van der Waals surface area (Å²) in [6.07, 6.45) is 4.24. The van der Waals surface area contributed by atoms with Crippen molar-refractivity contribution >= 4 is 18.1 Å². The molecule has 3 rings (SSSR count). The molecular formula is C17H13FN2O3. The third-order valence-electron chi connectivity index (χ3n) is 3.50. The zero-order valence-corrected chi connectivity index (χ0v) is 12.1. The van der Waals surface area contributed by atoms with Crippen molar-refractivity contribution in [2.45, 2.75) is 6.04 Å². The van der Waals surface area contributed by atoms with E-state index in [0.717, 1.165) is 22.7 Å². The summed E-state index contributed by atoms with van der Waals surface area (Å²) in [6.45, 7) is 0.103. The summed E-state index contributed by atoms with van der Waals surface area (Å²) in [4.78, 5) is 28.8. The maximum atomic E-state index is 13.5. The number of hydrogen-bond donors (Lipinski definition) is 0. The highest BCUT2D eigenvalue weighted by atomic mass is 19.1. The van der Waals surface area contributed by atoms with Gasteiger partial charge in [-0.05, 0) is 17.7 Å². The Labute approximate surface area is 132 Å². The van der Waals surface area contributed by atoms with Crippen LogP contribution in [0.2, 0.25) is 0 Å². The number of benzene rings is 1. The van der Waals surface area contributed by atoms with Crippen molar-refractivity contribution in [2.75, 3.05) is 6.61 Å². The topological polar surface area (TPSA) is 59.5 Å². The Kier molecular flexibility index (Phi) is 4.14. The fourth-order valence-corrected chi connectivity index (χ4v) is 2.35. The molecule has 0 radical (unpaired) electrons. The lowest BCUT2D eigenvalue weighted by Gasteiger charge is -2.18. The van der Waals surface area contributed by atoms with Gasteiger partial charge in [-0.15, -0.1) is 0 Å². The zero-order chi connectivity index (χ0) is 16.2. The molecule has 1 aliphatic rings. The molecule has 1 aromatic heterocycles. The van der Waals surface area contributed by atoms with Crippen LogP contribution in [0.5, 0.6) is 0 Å². The van der Waals surface area contributed by atoms with Crippen LogP contribution in [-0.2, 0) is 9.53 Å². The first kappa shape index (κ1) is 14.9. The van der Waals surface area contributed by atoms with E-state index in [4.69, 9.17) is 4.74 Å². The third-order valence-corrected chi connectivity index (χ3v) is 3.50. The molecule has 0 bridgehead atoms. The molecule has 2 aromatic rings. The molecule has 1 atom stereocenters. The van der Waals surface area contributed by atoms with Gasteiger partial charge in [-0.2, -0.15) is 0 Å². The number of carbonyl (C=O) groups excluding carboxylic acids is 2. The summed E-state index contributed by atoms with van der Waals surface area (Å²) in [5.74, 6) is -1.10. The average molecular weight is 312 g/mol. The standard InChI is InChI=1S/C17H13FN2O3/c18-14-10-19-9-8-12(14)6-7-16(21)20-15(11-23-17(20)22)13-4-2-1-3-5-13/h1-10,15H,11H2/b7-6+/t15-/m0/s1. The van der Waals surface area contributed by atoms with Gasteiger partial charge < -0.3 is 4.74 Å². The summed E-state index contributed by atoms with van der Waals surface area (Å²) in [6, 6.07) is 10.1. The van der Waals surface area contributed by atoms with Crippen LogP contribution in [0.25, 0.3) is 6.08 Å². The highest BCUT2D eigenvalue weighted by molar-refractivity contribution is 6.02. The van der Waals surface area contributed by atoms with E-state index >= 15 is 0 Å². The molecule has 0 aliphatic carbocycles. The number of ether oxygens (including phenoxy) is 1. The third kappa shape index (κ3) is 3.11. The first-order valence-electron chi connectivity index (χ1n) is 6.99. The van der Waals surface area contributed by atoms with Crippen LogP contribution in [0.15, 0.2) is 54.9 Å². The second-order valence-electron chi connectivity index (χ2n) is 4.94. The highest BCUT2D eigenvalue weighted by Gasteiger charge is 2.37. The molecule has 1 saturated heterocycles. The van der Waals surface area contributed by atoms with Crippen LogP contribution in [0, 0.1) is 5.82 Å². The SMILES string of the molecule is O=C(/C=C/c1ccncc1F)N1C(=O)OC[C@H]1c1ccccc1. The number of carbonyl (C=O) groups is 2. The van der Waals surface area contributed by atoms with Gasteiger partial charge in [0, 0.05) is 17.8 Å². The Morgan fingerprint density at radius 1 is 1.30 bits per heavy atom. The smallest absolute Gasteiger partial charge is 0.417 e. The number of hydrogen-bond acceptors (Lipinski definition) is 4. The molecule has 1 aliphatic heterocycles. The second kappa shape index (κ2) is 6.39. The molecule has 5 nitrogen and oxygen atoms in total. The van der Waals surface area contributed by atoms with Crippen LogP contribution in [-0.4, -0.2) is 28.5 Å². The number of aromatic nitrogens is 1. The Morgan fingerprint density at radius 3 is 2.83 bits per heavy atom. The molecular weight excluding hydrogens is 299 g/mol. The molecule has 0 spiro atoms. The maximum Gasteiger partial charge on any atom is 0.417 e. The fraction of sp³-hybridized carbons (Fsp3) is 0.118. The monoisotopic (exact) mass is 312 g/mol. The lowest BCUT2D eigenvalue weighted by molar-refractivity contribution is -0.124. The summed E-state index contributed by atoms with van der Waals surface area (Å²) in [5, 5.41) is 0. The maximum absolute atomic E-state index is 13.5. The Balaban J connectivity index is 1.82. The van der Waals surface area contributed by atoms with E-state index in [1.165, 1.54) is 18.3 Å².